The van der Waals surface area contributed by atoms with Gasteiger partial charge in [0.25, 0.3) is 0 Å². The maximum atomic E-state index is 9.71. The lowest BCUT2D eigenvalue weighted by atomic mass is 9.72. The largest absolute Gasteiger partial charge is 0.491 e. The summed E-state index contributed by atoms with van der Waals surface area (Å²) in [6.45, 7) is 30.6. The summed E-state index contributed by atoms with van der Waals surface area (Å²) in [6, 6.07) is 39.1. The van der Waals surface area contributed by atoms with Crippen molar-refractivity contribution in [3.8, 4) is 5.75 Å². The van der Waals surface area contributed by atoms with E-state index >= 15 is 0 Å². The van der Waals surface area contributed by atoms with Crippen LogP contribution in [0.2, 0.25) is 0 Å². The molecule has 5 aliphatic carbocycles. The summed E-state index contributed by atoms with van der Waals surface area (Å²) in [5.41, 5.74) is 4.32. The summed E-state index contributed by atoms with van der Waals surface area (Å²) in [7, 11) is 0. The van der Waals surface area contributed by atoms with Crippen LogP contribution in [-0.4, -0.2) is 115 Å². The standard InChI is InChI=1S/3C10H20O.C9H12O.C9H20O.C8H10O2.C8H10O.C7H8O.C6H12O.C5H10O/c1-10(2,3)8-4-6-9(11)7-5-8;2*1-7(2)9-5-4-8(3)6-10(9)11;10-8-4-7-9-5-2-1-3-6-9;1-8(5-6-10)7-9(2,3)4;9-6-7-10-8-4-2-1-3-5-8;9-7-6-8-4-2-1-3-5-8;8-6-7-4-2-1-3-5-7;7-6-4-2-1-3-5-6;6-5-3-1-2-4-5/h8-9,11H,4-7H2,1-3H3;2*7-11H,4-6H2,1-3H3;1-3,5-6,10H,4,7-8H2;8,10H,5-7H2,1-4H3;1-5,9H,6-7H2;1-5,9H,6-7H2;1-5,8H,6H2;6-7H,1-5H2;5-6H,1-4H2/t;8-,9?,10-;;;;;;;;/m.1......../s1. The molecule has 5 fully saturated rings. The predicted octanol–water partition coefficient (Wildman–Crippen LogP) is 17.2. The van der Waals surface area contributed by atoms with Gasteiger partial charge in [-0.2, -0.15) is 0 Å². The fraction of sp³-hybridized carbons (Fsp3) is 0.707. The molecule has 536 valence electrons. The lowest BCUT2D eigenvalue weighted by Crippen LogP contribution is -2.31. The van der Waals surface area contributed by atoms with Gasteiger partial charge in [0.05, 0.1) is 43.7 Å². The van der Waals surface area contributed by atoms with E-state index in [1.807, 2.05) is 109 Å². The van der Waals surface area contributed by atoms with Crippen LogP contribution in [0.25, 0.3) is 0 Å². The molecule has 9 rings (SSSR count). The quantitative estimate of drug-likeness (QED) is 0.0574. The average Bonchev–Trinajstić information content (AvgIpc) is 2.35. The molecule has 93 heavy (non-hydrogen) atoms. The number of aliphatic hydroxyl groups excluding tert-OH is 10. The highest BCUT2D eigenvalue weighted by Crippen LogP contribution is 2.38. The van der Waals surface area contributed by atoms with Crippen LogP contribution in [0.5, 0.6) is 5.75 Å². The molecule has 4 aromatic carbocycles. The first-order valence-corrected chi connectivity index (χ1v) is 36.4. The van der Waals surface area contributed by atoms with E-state index in [0.29, 0.717) is 53.6 Å². The number of ether oxygens (including phenoxy) is 1. The van der Waals surface area contributed by atoms with E-state index in [0.717, 1.165) is 106 Å². The minimum Gasteiger partial charge on any atom is -0.491 e. The van der Waals surface area contributed by atoms with Crippen LogP contribution in [0.3, 0.4) is 0 Å². The topological polar surface area (TPSA) is 212 Å². The predicted molar refractivity (Wildman–Crippen MR) is 391 cm³/mol. The number of aryl methyl sites for hydroxylation is 1. The Morgan fingerprint density at radius 2 is 0.806 bits per heavy atom. The fourth-order valence-corrected chi connectivity index (χ4v) is 12.6. The Morgan fingerprint density at radius 1 is 0.419 bits per heavy atom. The molecule has 0 amide bonds. The van der Waals surface area contributed by atoms with Crippen molar-refractivity contribution in [2.24, 2.45) is 58.2 Å². The van der Waals surface area contributed by atoms with Crippen LogP contribution < -0.4 is 4.74 Å². The second-order valence-electron chi connectivity index (χ2n) is 30.1. The average molecular weight is 1300 g/mol. The minimum atomic E-state index is -0.0289. The Labute approximate surface area is 569 Å². The van der Waals surface area contributed by atoms with Crippen molar-refractivity contribution in [2.75, 3.05) is 33.0 Å². The van der Waals surface area contributed by atoms with Crippen molar-refractivity contribution in [3.63, 3.8) is 0 Å². The molecule has 11 heteroatoms. The zero-order valence-electron chi connectivity index (χ0n) is 61.1. The highest BCUT2D eigenvalue weighted by atomic mass is 16.5. The van der Waals surface area contributed by atoms with Gasteiger partial charge in [0, 0.05) is 19.8 Å². The first-order valence-electron chi connectivity index (χ1n) is 36.4. The molecule has 0 aromatic heterocycles. The Morgan fingerprint density at radius 3 is 1.12 bits per heavy atom. The highest BCUT2D eigenvalue weighted by molar-refractivity contribution is 5.21. The van der Waals surface area contributed by atoms with Crippen molar-refractivity contribution < 1.29 is 55.8 Å². The van der Waals surface area contributed by atoms with Gasteiger partial charge in [-0.25, -0.2) is 0 Å². The van der Waals surface area contributed by atoms with Crippen molar-refractivity contribution in [3.05, 3.63) is 138 Å². The Hall–Kier alpha value is -3.72. The van der Waals surface area contributed by atoms with E-state index < -0.39 is 0 Å². The van der Waals surface area contributed by atoms with E-state index in [-0.39, 0.29) is 56.9 Å². The molecule has 0 bridgehead atoms. The van der Waals surface area contributed by atoms with Crippen molar-refractivity contribution >= 4 is 0 Å². The molecule has 11 nitrogen and oxygen atoms in total. The number of aliphatic hydroxyl groups is 10. The van der Waals surface area contributed by atoms with Gasteiger partial charge < -0.3 is 55.8 Å². The van der Waals surface area contributed by atoms with Crippen molar-refractivity contribution in [1.29, 1.82) is 0 Å². The third-order valence-electron chi connectivity index (χ3n) is 18.2. The fourth-order valence-electron chi connectivity index (χ4n) is 12.6. The Balaban J connectivity index is 0.00000102. The molecule has 5 unspecified atom stereocenters. The van der Waals surface area contributed by atoms with Gasteiger partial charge in [-0.1, -0.05) is 244 Å². The normalized spacial score (nSPS) is 22.3. The van der Waals surface area contributed by atoms with Gasteiger partial charge in [0.2, 0.25) is 0 Å². The zero-order chi connectivity index (χ0) is 69.9. The summed E-state index contributed by atoms with van der Waals surface area (Å²) < 4.78 is 5.11. The minimum absolute atomic E-state index is 0.00593. The molecular weight excluding hydrogens is 1160 g/mol. The van der Waals surface area contributed by atoms with Gasteiger partial charge in [0.1, 0.15) is 12.4 Å². The molecule has 5 aliphatic rings. The van der Waals surface area contributed by atoms with Crippen LogP contribution in [0.1, 0.15) is 248 Å². The SMILES string of the molecule is CC(C)(C)C1CCC(O)CC1.CC(C)C1CC[C@@H](C)C[C@H]1O.CC(CCO)CC(C)(C)C.CC1CCC(C(C)C)C(O)C1.OC1CCCC1.OC1CCCCC1.OCCCc1ccccc1.OCCOc1ccccc1.OCCc1ccccc1.OCc1ccccc1. The summed E-state index contributed by atoms with van der Waals surface area (Å²) >= 11 is 0. The smallest absolute Gasteiger partial charge is 0.119 e. The van der Waals surface area contributed by atoms with Crippen molar-refractivity contribution in [2.45, 2.75) is 281 Å². The number of hydrogen-bond donors (Lipinski definition) is 10. The monoisotopic (exact) mass is 1300 g/mol. The Kier molecular flexibility index (Phi) is 53.1. The lowest BCUT2D eigenvalue weighted by molar-refractivity contribution is 0.0263. The molecule has 0 aliphatic heterocycles. The third-order valence-corrected chi connectivity index (χ3v) is 18.2. The highest BCUT2D eigenvalue weighted by Gasteiger charge is 2.31. The molecule has 4 aromatic rings. The number of para-hydroxylation sites is 1. The van der Waals surface area contributed by atoms with Gasteiger partial charge in [-0.15, -0.1) is 0 Å². The van der Waals surface area contributed by atoms with E-state index in [9.17, 15) is 15.3 Å². The van der Waals surface area contributed by atoms with E-state index in [1.165, 1.54) is 88.2 Å². The summed E-state index contributed by atoms with van der Waals surface area (Å²) in [5, 5.41) is 89.0. The zero-order valence-corrected chi connectivity index (χ0v) is 61.1. The van der Waals surface area contributed by atoms with Gasteiger partial charge in [-0.3, -0.25) is 0 Å². The second kappa shape index (κ2) is 55.3. The number of rotatable bonds is 14. The second-order valence-corrected chi connectivity index (χ2v) is 30.1. The molecule has 0 radical (unpaired) electrons. The number of hydrogen-bond acceptors (Lipinski definition) is 11. The molecular formula is C82H142O11. The van der Waals surface area contributed by atoms with Crippen LogP contribution in [-0.2, 0) is 19.4 Å². The maximum Gasteiger partial charge on any atom is 0.119 e. The van der Waals surface area contributed by atoms with Gasteiger partial charge in [0.15, 0.2) is 0 Å². The molecule has 0 spiro atoms. The summed E-state index contributed by atoms with van der Waals surface area (Å²) in [6.07, 6.45) is 26.8. The molecule has 0 saturated heterocycles. The third kappa shape index (κ3) is 50.3. The first kappa shape index (κ1) is 89.3. The molecule has 10 N–H and O–H groups in total. The van der Waals surface area contributed by atoms with E-state index in [2.05, 4.69) is 102 Å². The number of benzene rings is 4. The summed E-state index contributed by atoms with van der Waals surface area (Å²) in [5.74, 6) is 6.18. The summed E-state index contributed by atoms with van der Waals surface area (Å²) in [4.78, 5) is 0. The van der Waals surface area contributed by atoms with Crippen molar-refractivity contribution in [1.82, 2.24) is 0 Å². The molecule has 0 heterocycles. The molecule has 7 atom stereocenters. The first-order chi connectivity index (χ1) is 44.2. The lowest BCUT2D eigenvalue weighted by Gasteiger charge is -2.35. The van der Waals surface area contributed by atoms with Gasteiger partial charge >= 0.3 is 0 Å². The van der Waals surface area contributed by atoms with Crippen LogP contribution in [0.15, 0.2) is 121 Å². The molecule has 5 saturated carbocycles. The Bertz CT molecular complexity index is 2100. The maximum absolute atomic E-state index is 9.71. The van der Waals surface area contributed by atoms with Crippen LogP contribution >= 0.6 is 0 Å². The van der Waals surface area contributed by atoms with E-state index in [4.69, 9.17) is 40.5 Å². The van der Waals surface area contributed by atoms with Gasteiger partial charge in [-0.05, 0) is 196 Å². The van der Waals surface area contributed by atoms with Crippen LogP contribution in [0, 0.1) is 58.2 Å². The van der Waals surface area contributed by atoms with E-state index in [1.54, 1.807) is 0 Å². The van der Waals surface area contributed by atoms with Crippen LogP contribution in [0.4, 0.5) is 0 Å².